The Labute approximate surface area is 299 Å². The Balaban J connectivity index is 0.924. The summed E-state index contributed by atoms with van der Waals surface area (Å²) < 4.78 is 31.6. The highest BCUT2D eigenvalue weighted by Gasteiger charge is 2.70. The number of aromatic nitrogens is 2. The van der Waals surface area contributed by atoms with Crippen molar-refractivity contribution in [3.8, 4) is 11.4 Å². The third-order valence-electron chi connectivity index (χ3n) is 12.6. The van der Waals surface area contributed by atoms with E-state index in [2.05, 4.69) is 6.92 Å². The zero-order valence-corrected chi connectivity index (χ0v) is 29.7. The van der Waals surface area contributed by atoms with Crippen molar-refractivity contribution in [3.63, 3.8) is 0 Å². The maximum atomic E-state index is 13.8. The Morgan fingerprint density at radius 1 is 1.02 bits per heavy atom. The van der Waals surface area contributed by atoms with E-state index in [0.717, 1.165) is 35.7 Å². The minimum atomic E-state index is -1.87. The molecule has 1 spiro atoms. The van der Waals surface area contributed by atoms with Crippen LogP contribution in [-0.4, -0.2) is 51.4 Å². The second-order valence-electron chi connectivity index (χ2n) is 15.5. The normalized spacial score (nSPS) is 35.4. The number of carbonyl (C=O) groups excluding carboxylic acids is 3. The lowest BCUT2D eigenvalue weighted by atomic mass is 9.58. The Morgan fingerprint density at radius 2 is 1.83 bits per heavy atom. The van der Waals surface area contributed by atoms with E-state index in [1.165, 1.54) is 0 Å². The molecule has 0 N–H and O–H groups in total. The van der Waals surface area contributed by atoms with E-state index in [1.54, 1.807) is 17.6 Å². The van der Waals surface area contributed by atoms with Crippen LogP contribution in [0.4, 0.5) is 0 Å². The molecule has 13 nitrogen and oxygen atoms in total. The van der Waals surface area contributed by atoms with Gasteiger partial charge in [0.15, 0.2) is 11.9 Å². The van der Waals surface area contributed by atoms with E-state index < -0.39 is 47.5 Å². The van der Waals surface area contributed by atoms with E-state index in [4.69, 9.17) is 38.4 Å². The molecule has 1 aromatic carbocycles. The molecule has 2 aromatic heterocycles. The molecular formula is C39H42N2O11. The quantitative estimate of drug-likeness (QED) is 0.147. The Kier molecular flexibility index (Phi) is 7.72. The Morgan fingerprint density at radius 3 is 2.65 bits per heavy atom. The van der Waals surface area contributed by atoms with Crippen molar-refractivity contribution in [3.05, 3.63) is 63.4 Å². The molecular weight excluding hydrogens is 672 g/mol. The summed E-state index contributed by atoms with van der Waals surface area (Å²) in [7, 11) is 0. The number of rotatable bonds is 6. The van der Waals surface area contributed by atoms with Crippen LogP contribution in [0.25, 0.3) is 22.3 Å². The van der Waals surface area contributed by atoms with Gasteiger partial charge in [-0.05, 0) is 62.6 Å². The van der Waals surface area contributed by atoms with Crippen molar-refractivity contribution in [2.75, 3.05) is 0 Å². The lowest BCUT2D eigenvalue weighted by Crippen LogP contribution is -2.70. The highest BCUT2D eigenvalue weighted by Crippen LogP contribution is 2.60. The van der Waals surface area contributed by atoms with Crippen LogP contribution >= 0.6 is 0 Å². The monoisotopic (exact) mass is 714 g/mol. The molecule has 0 radical (unpaired) electrons. The standard InChI is InChI=1S/C39H42N2O11/c1-5-38(27-17-29-32-23(16-22-8-6-7-9-28(22)40-32)18-41(29)33(44)24(27)19-46-35(38)45)49-31(43)13-12-30(42)47-34-21(3)26-11-10-20(2)25-14-15-37(4)50-36(48-34)39(25,26)52-51-37/h6-9,16-17,20-21,25-26,34,36H,5,10-15,18-19H2,1-4H3/t20-,21-,25+,26+,34-,36-,37+,38+,39-/m1/s1. The topological polar surface area (TPSA) is 151 Å². The average molecular weight is 715 g/mol. The van der Waals surface area contributed by atoms with Gasteiger partial charge >= 0.3 is 17.9 Å². The molecule has 4 saturated heterocycles. The highest BCUT2D eigenvalue weighted by atomic mass is 17.3. The van der Waals surface area contributed by atoms with E-state index in [0.29, 0.717) is 30.3 Å². The maximum Gasteiger partial charge on any atom is 0.355 e. The predicted octanol–water partition coefficient (Wildman–Crippen LogP) is 5.16. The number of para-hydroxylation sites is 1. The summed E-state index contributed by atoms with van der Waals surface area (Å²) >= 11 is 0. The molecule has 7 aliphatic rings. The first-order valence-corrected chi connectivity index (χ1v) is 18.4. The van der Waals surface area contributed by atoms with Gasteiger partial charge in [-0.1, -0.05) is 39.0 Å². The zero-order chi connectivity index (χ0) is 36.2. The predicted molar refractivity (Wildman–Crippen MR) is 181 cm³/mol. The molecule has 0 unspecified atom stereocenters. The summed E-state index contributed by atoms with van der Waals surface area (Å²) in [5.74, 6) is -2.92. The third kappa shape index (κ3) is 4.85. The molecule has 1 aliphatic carbocycles. The SMILES string of the molecule is CC[C@@]1(OC(=O)CCC(=O)O[C@@H]2O[C@@H]3O[C@]4(C)CC[C@H]5[C@H](C)CC[C@@H]([C@H]2C)[C@@]35OO4)C(=O)OCc2c1cc1n(c2=O)Cc2cc3ccccc3nc2-1. The second kappa shape index (κ2) is 11.9. The number of cyclic esters (lactones) is 1. The molecule has 5 fully saturated rings. The summed E-state index contributed by atoms with van der Waals surface area (Å²) in [5.41, 5.74) is 0.333. The molecule has 274 valence electrons. The minimum absolute atomic E-state index is 0.0121. The van der Waals surface area contributed by atoms with Gasteiger partial charge in [0.2, 0.25) is 17.7 Å². The molecule has 8 heterocycles. The van der Waals surface area contributed by atoms with Crippen LogP contribution in [0.3, 0.4) is 0 Å². The van der Waals surface area contributed by atoms with Crippen LogP contribution in [0.1, 0.15) is 89.3 Å². The van der Waals surface area contributed by atoms with Gasteiger partial charge in [-0.2, -0.15) is 0 Å². The van der Waals surface area contributed by atoms with Crippen molar-refractivity contribution in [2.24, 2.45) is 23.7 Å². The van der Waals surface area contributed by atoms with Gasteiger partial charge in [-0.25, -0.2) is 19.6 Å². The van der Waals surface area contributed by atoms with Crippen molar-refractivity contribution < 1.29 is 47.8 Å². The molecule has 0 amide bonds. The molecule has 1 saturated carbocycles. The number of benzene rings is 1. The highest BCUT2D eigenvalue weighted by molar-refractivity contribution is 5.89. The average Bonchev–Trinajstić information content (AvgIpc) is 3.33. The van der Waals surface area contributed by atoms with E-state index in [-0.39, 0.29) is 60.3 Å². The maximum absolute atomic E-state index is 13.8. The number of fused-ring (bicyclic) bond motifs is 7. The van der Waals surface area contributed by atoms with Crippen molar-refractivity contribution in [2.45, 2.75) is 115 Å². The molecule has 10 rings (SSSR count). The first-order valence-electron chi connectivity index (χ1n) is 18.4. The largest absolute Gasteiger partial charge is 0.457 e. The van der Waals surface area contributed by atoms with Crippen LogP contribution in [0.2, 0.25) is 0 Å². The van der Waals surface area contributed by atoms with Gasteiger partial charge in [0.25, 0.3) is 5.56 Å². The van der Waals surface area contributed by atoms with Gasteiger partial charge in [-0.3, -0.25) is 14.4 Å². The lowest BCUT2D eigenvalue weighted by Gasteiger charge is -2.59. The van der Waals surface area contributed by atoms with Crippen molar-refractivity contribution in [1.29, 1.82) is 0 Å². The summed E-state index contributed by atoms with van der Waals surface area (Å²) in [4.78, 5) is 70.9. The second-order valence-corrected chi connectivity index (χ2v) is 15.5. The number of esters is 3. The molecule has 3 aromatic rings. The van der Waals surface area contributed by atoms with E-state index in [9.17, 15) is 19.2 Å². The van der Waals surface area contributed by atoms with Crippen LogP contribution < -0.4 is 5.56 Å². The zero-order valence-electron chi connectivity index (χ0n) is 29.7. The number of pyridine rings is 2. The Bertz CT molecular complexity index is 2080. The Hall–Kier alpha value is -4.17. The van der Waals surface area contributed by atoms with Crippen LogP contribution in [0, 0.1) is 23.7 Å². The first kappa shape index (κ1) is 33.7. The van der Waals surface area contributed by atoms with Gasteiger partial charge in [0.05, 0.1) is 41.9 Å². The lowest BCUT2D eigenvalue weighted by molar-refractivity contribution is -0.576. The number of hydrogen-bond donors (Lipinski definition) is 0. The molecule has 9 atom stereocenters. The fraction of sp³-hybridized carbons (Fsp3) is 0.564. The van der Waals surface area contributed by atoms with Gasteiger partial charge in [-0.15, -0.1) is 0 Å². The van der Waals surface area contributed by atoms with Gasteiger partial charge in [0, 0.05) is 34.8 Å². The number of carbonyl (C=O) groups is 3. The number of ether oxygens (including phenoxy) is 5. The number of hydrogen-bond acceptors (Lipinski definition) is 12. The minimum Gasteiger partial charge on any atom is -0.457 e. The van der Waals surface area contributed by atoms with E-state index in [1.807, 2.05) is 44.2 Å². The van der Waals surface area contributed by atoms with E-state index >= 15 is 0 Å². The van der Waals surface area contributed by atoms with Crippen molar-refractivity contribution in [1.82, 2.24) is 9.55 Å². The first-order chi connectivity index (χ1) is 25.0. The molecule has 6 aliphatic heterocycles. The molecule has 13 heteroatoms. The molecule has 2 bridgehead atoms. The van der Waals surface area contributed by atoms with Crippen LogP contribution in [-0.2, 0) is 66.6 Å². The summed E-state index contributed by atoms with van der Waals surface area (Å²) in [6, 6.07) is 11.4. The van der Waals surface area contributed by atoms with Crippen LogP contribution in [0.5, 0.6) is 0 Å². The third-order valence-corrected chi connectivity index (χ3v) is 12.6. The summed E-state index contributed by atoms with van der Waals surface area (Å²) in [6.45, 7) is 7.80. The summed E-state index contributed by atoms with van der Waals surface area (Å²) in [5, 5.41) is 0.953. The fourth-order valence-electron chi connectivity index (χ4n) is 9.73. The van der Waals surface area contributed by atoms with Crippen molar-refractivity contribution >= 4 is 28.8 Å². The summed E-state index contributed by atoms with van der Waals surface area (Å²) in [6.07, 6.45) is 1.00. The molecule has 52 heavy (non-hydrogen) atoms. The van der Waals surface area contributed by atoms with Gasteiger partial charge < -0.3 is 28.3 Å². The van der Waals surface area contributed by atoms with Crippen LogP contribution in [0.15, 0.2) is 41.2 Å². The number of nitrogens with zero attached hydrogens (tertiary/aromatic N) is 2. The smallest absolute Gasteiger partial charge is 0.355 e. The van der Waals surface area contributed by atoms with Gasteiger partial charge in [0.1, 0.15) is 6.61 Å². The fourth-order valence-corrected chi connectivity index (χ4v) is 9.73.